The third kappa shape index (κ3) is 2.88. The van der Waals surface area contributed by atoms with Crippen LogP contribution in [0.2, 0.25) is 0 Å². The summed E-state index contributed by atoms with van der Waals surface area (Å²) in [6, 6.07) is 3.71. The number of nitrogens with zero attached hydrogens (tertiary/aromatic N) is 1. The number of ether oxygens (including phenoxy) is 1. The van der Waals surface area contributed by atoms with E-state index in [-0.39, 0.29) is 0 Å². The van der Waals surface area contributed by atoms with Crippen LogP contribution in [0.25, 0.3) is 0 Å². The van der Waals surface area contributed by atoms with Crippen molar-refractivity contribution in [1.29, 1.82) is 0 Å². The summed E-state index contributed by atoms with van der Waals surface area (Å²) in [5.41, 5.74) is 1.06. The number of hydrogen-bond acceptors (Lipinski definition) is 2. The minimum atomic E-state index is 0.744. The lowest BCUT2D eigenvalue weighted by atomic mass is 10.2. The first kappa shape index (κ1) is 9.00. The molecule has 1 aromatic rings. The highest BCUT2D eigenvalue weighted by molar-refractivity contribution is 5.05. The molecule has 0 aromatic carbocycles. The van der Waals surface area contributed by atoms with Crippen LogP contribution in [-0.2, 0) is 11.2 Å². The maximum Gasteiger partial charge on any atom is 0.183 e. The Balaban J connectivity index is 2.41. The van der Waals surface area contributed by atoms with Crippen molar-refractivity contribution in [3.8, 4) is 0 Å². The van der Waals surface area contributed by atoms with E-state index in [1.54, 1.807) is 19.4 Å². The Morgan fingerprint density at radius 1 is 1.58 bits per heavy atom. The van der Waals surface area contributed by atoms with E-state index in [0.29, 0.717) is 0 Å². The molecule has 0 amide bonds. The Bertz CT molecular complexity index is 238. The van der Waals surface area contributed by atoms with Crippen LogP contribution < -0.4 is 4.73 Å². The first-order chi connectivity index (χ1) is 5.83. The molecule has 1 rings (SSSR count). The molecule has 0 aliphatic heterocycles. The molecular formula is C9H13NO2. The maximum absolute atomic E-state index is 10.8. The Morgan fingerprint density at radius 2 is 2.42 bits per heavy atom. The first-order valence-corrected chi connectivity index (χ1v) is 3.99. The number of rotatable bonds is 4. The lowest BCUT2D eigenvalue weighted by Gasteiger charge is -2.00. The highest BCUT2D eigenvalue weighted by Crippen LogP contribution is 1.98. The summed E-state index contributed by atoms with van der Waals surface area (Å²) in [5, 5.41) is 10.8. The van der Waals surface area contributed by atoms with Crippen LogP contribution in [0.4, 0.5) is 0 Å². The second kappa shape index (κ2) is 4.72. The number of aromatic nitrogens is 1. The van der Waals surface area contributed by atoms with Crippen molar-refractivity contribution >= 4 is 0 Å². The van der Waals surface area contributed by atoms with E-state index >= 15 is 0 Å². The van der Waals surface area contributed by atoms with Gasteiger partial charge in [-0.1, -0.05) is 0 Å². The van der Waals surface area contributed by atoms with Gasteiger partial charge < -0.3 is 9.94 Å². The van der Waals surface area contributed by atoms with Crippen molar-refractivity contribution in [3.63, 3.8) is 0 Å². The number of aryl methyl sites for hydroxylation is 1. The first-order valence-electron chi connectivity index (χ1n) is 3.99. The summed E-state index contributed by atoms with van der Waals surface area (Å²) in [6.07, 6.45) is 4.94. The lowest BCUT2D eigenvalue weighted by molar-refractivity contribution is -0.605. The Labute approximate surface area is 72.2 Å². The molecule has 66 valence electrons. The molecule has 0 fully saturated rings. The Hall–Kier alpha value is -1.09. The molecule has 0 saturated heterocycles. The summed E-state index contributed by atoms with van der Waals surface area (Å²) in [5.74, 6) is 0. The minimum Gasteiger partial charge on any atom is -0.619 e. The van der Waals surface area contributed by atoms with E-state index in [1.165, 1.54) is 6.20 Å². The quantitative estimate of drug-likeness (QED) is 0.379. The van der Waals surface area contributed by atoms with Crippen molar-refractivity contribution in [1.82, 2.24) is 0 Å². The highest BCUT2D eigenvalue weighted by Gasteiger charge is 1.96. The summed E-state index contributed by atoms with van der Waals surface area (Å²) in [4.78, 5) is 0. The molecule has 0 radical (unpaired) electrons. The largest absolute Gasteiger partial charge is 0.619 e. The minimum absolute atomic E-state index is 0.744. The molecule has 0 atom stereocenters. The van der Waals surface area contributed by atoms with Crippen LogP contribution in [0, 0.1) is 5.21 Å². The van der Waals surface area contributed by atoms with E-state index in [2.05, 4.69) is 0 Å². The second-order valence-electron chi connectivity index (χ2n) is 2.67. The van der Waals surface area contributed by atoms with Crippen molar-refractivity contribution in [3.05, 3.63) is 35.3 Å². The molecule has 3 nitrogen and oxygen atoms in total. The highest BCUT2D eigenvalue weighted by atomic mass is 16.5. The average molecular weight is 167 g/mol. The third-order valence-electron chi connectivity index (χ3n) is 1.65. The predicted octanol–water partition coefficient (Wildman–Crippen LogP) is 0.899. The summed E-state index contributed by atoms with van der Waals surface area (Å²) in [6.45, 7) is 0.744. The van der Waals surface area contributed by atoms with Crippen LogP contribution in [0.3, 0.4) is 0 Å². The monoisotopic (exact) mass is 167 g/mol. The van der Waals surface area contributed by atoms with Crippen molar-refractivity contribution in [2.24, 2.45) is 0 Å². The molecule has 0 aliphatic rings. The molecular weight excluding hydrogens is 154 g/mol. The van der Waals surface area contributed by atoms with E-state index in [0.717, 1.165) is 29.7 Å². The van der Waals surface area contributed by atoms with Gasteiger partial charge in [0.15, 0.2) is 12.4 Å². The molecule has 0 unspecified atom stereocenters. The fraction of sp³-hybridized carbons (Fsp3) is 0.444. The average Bonchev–Trinajstić information content (AvgIpc) is 2.05. The van der Waals surface area contributed by atoms with Gasteiger partial charge in [-0.3, -0.25) is 0 Å². The molecule has 1 heterocycles. The summed E-state index contributed by atoms with van der Waals surface area (Å²) >= 11 is 0. The topological polar surface area (TPSA) is 36.2 Å². The van der Waals surface area contributed by atoms with Gasteiger partial charge in [-0.15, -0.1) is 0 Å². The van der Waals surface area contributed by atoms with Gasteiger partial charge in [0.05, 0.1) is 0 Å². The van der Waals surface area contributed by atoms with E-state index in [4.69, 9.17) is 4.74 Å². The summed E-state index contributed by atoms with van der Waals surface area (Å²) in [7, 11) is 1.68. The standard InChI is InChI=1S/C9H13NO2/c1-12-7-3-5-9-4-2-6-10(11)8-9/h2,4,6,8H,3,5,7H2,1H3. The Morgan fingerprint density at radius 3 is 3.08 bits per heavy atom. The normalized spacial score (nSPS) is 10.1. The predicted molar refractivity (Wildman–Crippen MR) is 45.6 cm³/mol. The van der Waals surface area contributed by atoms with Gasteiger partial charge in [-0.05, 0) is 18.9 Å². The zero-order valence-corrected chi connectivity index (χ0v) is 7.19. The van der Waals surface area contributed by atoms with Gasteiger partial charge in [0, 0.05) is 25.3 Å². The zero-order valence-electron chi connectivity index (χ0n) is 7.19. The summed E-state index contributed by atoms with van der Waals surface area (Å²) < 4.78 is 5.73. The zero-order chi connectivity index (χ0) is 8.81. The van der Waals surface area contributed by atoms with Crippen LogP contribution in [0.1, 0.15) is 12.0 Å². The number of methoxy groups -OCH3 is 1. The van der Waals surface area contributed by atoms with Gasteiger partial charge in [0.25, 0.3) is 0 Å². The number of hydrogen-bond donors (Lipinski definition) is 0. The third-order valence-corrected chi connectivity index (χ3v) is 1.65. The van der Waals surface area contributed by atoms with Gasteiger partial charge >= 0.3 is 0 Å². The molecule has 0 bridgehead atoms. The second-order valence-corrected chi connectivity index (χ2v) is 2.67. The molecule has 0 saturated carbocycles. The SMILES string of the molecule is COCCCc1ccc[n+]([O-])c1. The van der Waals surface area contributed by atoms with E-state index in [9.17, 15) is 5.21 Å². The van der Waals surface area contributed by atoms with Crippen molar-refractivity contribution in [2.75, 3.05) is 13.7 Å². The molecule has 0 N–H and O–H groups in total. The molecule has 1 aromatic heterocycles. The van der Waals surface area contributed by atoms with Gasteiger partial charge in [0.1, 0.15) is 0 Å². The van der Waals surface area contributed by atoms with Crippen molar-refractivity contribution < 1.29 is 9.47 Å². The van der Waals surface area contributed by atoms with Crippen LogP contribution in [0.5, 0.6) is 0 Å². The maximum atomic E-state index is 10.8. The van der Waals surface area contributed by atoms with Gasteiger partial charge in [0.2, 0.25) is 0 Å². The Kier molecular flexibility index (Phi) is 3.54. The van der Waals surface area contributed by atoms with E-state index < -0.39 is 0 Å². The smallest absolute Gasteiger partial charge is 0.183 e. The fourth-order valence-corrected chi connectivity index (χ4v) is 1.07. The number of pyridine rings is 1. The van der Waals surface area contributed by atoms with Gasteiger partial charge in [-0.25, -0.2) is 0 Å². The van der Waals surface area contributed by atoms with Crippen LogP contribution in [-0.4, -0.2) is 13.7 Å². The fourth-order valence-electron chi connectivity index (χ4n) is 1.07. The van der Waals surface area contributed by atoms with Crippen LogP contribution >= 0.6 is 0 Å². The van der Waals surface area contributed by atoms with Crippen molar-refractivity contribution in [2.45, 2.75) is 12.8 Å². The molecule has 12 heavy (non-hydrogen) atoms. The lowest BCUT2D eigenvalue weighted by Crippen LogP contribution is -2.24. The van der Waals surface area contributed by atoms with Crippen LogP contribution in [0.15, 0.2) is 24.5 Å². The molecule has 3 heteroatoms. The van der Waals surface area contributed by atoms with Gasteiger partial charge in [-0.2, -0.15) is 4.73 Å². The van der Waals surface area contributed by atoms with E-state index in [1.807, 2.05) is 6.07 Å². The molecule has 0 aliphatic carbocycles. The molecule has 0 spiro atoms.